The Morgan fingerprint density at radius 3 is 2.73 bits per heavy atom. The van der Waals surface area contributed by atoms with Crippen molar-refractivity contribution in [1.29, 1.82) is 0 Å². The van der Waals surface area contributed by atoms with Crippen LogP contribution in [-0.4, -0.2) is 10.7 Å². The van der Waals surface area contributed by atoms with Crippen LogP contribution in [0.1, 0.15) is 72.1 Å². The van der Waals surface area contributed by atoms with Gasteiger partial charge in [-0.15, -0.1) is 0 Å². The van der Waals surface area contributed by atoms with Crippen LogP contribution in [0.4, 0.5) is 0 Å². The minimum absolute atomic E-state index is 0.312. The van der Waals surface area contributed by atoms with E-state index in [1.807, 2.05) is 0 Å². The quantitative estimate of drug-likeness (QED) is 0.726. The van der Waals surface area contributed by atoms with Crippen molar-refractivity contribution in [3.05, 3.63) is 0 Å². The summed E-state index contributed by atoms with van der Waals surface area (Å²) in [6.45, 7) is 6.78. The predicted molar refractivity (Wildman–Crippen MR) is 65.9 cm³/mol. The molecular formula is C14H28O. The van der Waals surface area contributed by atoms with Crippen molar-refractivity contribution in [3.8, 4) is 0 Å². The molecule has 0 saturated heterocycles. The van der Waals surface area contributed by atoms with Crippen molar-refractivity contribution < 1.29 is 5.11 Å². The van der Waals surface area contributed by atoms with Crippen molar-refractivity contribution in [2.24, 2.45) is 11.8 Å². The molecule has 1 rings (SSSR count). The average Bonchev–Trinajstić information content (AvgIpc) is 2.16. The van der Waals surface area contributed by atoms with Gasteiger partial charge in [0, 0.05) is 0 Å². The van der Waals surface area contributed by atoms with E-state index in [1.54, 1.807) is 0 Å². The topological polar surface area (TPSA) is 20.2 Å². The lowest BCUT2D eigenvalue weighted by Gasteiger charge is -2.37. The summed E-state index contributed by atoms with van der Waals surface area (Å²) in [5.74, 6) is 1.56. The van der Waals surface area contributed by atoms with Gasteiger partial charge in [-0.1, -0.05) is 52.9 Å². The normalized spacial score (nSPS) is 32.2. The van der Waals surface area contributed by atoms with Crippen LogP contribution in [0.15, 0.2) is 0 Å². The molecule has 1 N–H and O–H groups in total. The van der Waals surface area contributed by atoms with Gasteiger partial charge in [0.25, 0.3) is 0 Å². The van der Waals surface area contributed by atoms with Crippen molar-refractivity contribution in [2.45, 2.75) is 77.7 Å². The highest BCUT2D eigenvalue weighted by Crippen LogP contribution is 2.37. The van der Waals surface area contributed by atoms with Gasteiger partial charge in [-0.2, -0.15) is 0 Å². The molecule has 0 spiro atoms. The van der Waals surface area contributed by atoms with Crippen molar-refractivity contribution >= 4 is 0 Å². The van der Waals surface area contributed by atoms with Crippen LogP contribution >= 0.6 is 0 Å². The number of hydrogen-bond acceptors (Lipinski definition) is 1. The summed E-state index contributed by atoms with van der Waals surface area (Å²) in [5, 5.41) is 10.5. The van der Waals surface area contributed by atoms with Crippen LogP contribution < -0.4 is 0 Å². The average molecular weight is 212 g/mol. The van der Waals surface area contributed by atoms with Gasteiger partial charge in [0.15, 0.2) is 0 Å². The van der Waals surface area contributed by atoms with E-state index < -0.39 is 0 Å². The van der Waals surface area contributed by atoms with Gasteiger partial charge >= 0.3 is 0 Å². The Labute approximate surface area is 95.3 Å². The van der Waals surface area contributed by atoms with Crippen LogP contribution in [-0.2, 0) is 0 Å². The minimum atomic E-state index is -0.312. The summed E-state index contributed by atoms with van der Waals surface area (Å²) >= 11 is 0. The highest BCUT2D eigenvalue weighted by Gasteiger charge is 2.32. The van der Waals surface area contributed by atoms with Crippen LogP contribution in [0.5, 0.6) is 0 Å². The first-order chi connectivity index (χ1) is 7.06. The molecule has 0 radical (unpaired) electrons. The SMILES string of the molecule is CCC1CCCC(O)(CCCC(C)C)C1. The van der Waals surface area contributed by atoms with Crippen LogP contribution in [0.25, 0.3) is 0 Å². The molecule has 2 unspecified atom stereocenters. The summed E-state index contributed by atoms with van der Waals surface area (Å²) < 4.78 is 0. The van der Waals surface area contributed by atoms with Gasteiger partial charge in [-0.25, -0.2) is 0 Å². The zero-order chi connectivity index (χ0) is 11.3. The molecule has 0 aromatic rings. The Morgan fingerprint density at radius 2 is 2.13 bits per heavy atom. The molecule has 0 heterocycles. The van der Waals surface area contributed by atoms with E-state index in [0.29, 0.717) is 0 Å². The third kappa shape index (κ3) is 4.55. The molecular weight excluding hydrogens is 184 g/mol. The lowest BCUT2D eigenvalue weighted by Crippen LogP contribution is -2.35. The monoisotopic (exact) mass is 212 g/mol. The number of hydrogen-bond donors (Lipinski definition) is 1. The van der Waals surface area contributed by atoms with Crippen LogP contribution in [0.2, 0.25) is 0 Å². The largest absolute Gasteiger partial charge is 0.390 e. The molecule has 15 heavy (non-hydrogen) atoms. The van der Waals surface area contributed by atoms with Crippen molar-refractivity contribution in [3.63, 3.8) is 0 Å². The second kappa shape index (κ2) is 5.89. The van der Waals surface area contributed by atoms with E-state index in [2.05, 4.69) is 20.8 Å². The van der Waals surface area contributed by atoms with Gasteiger partial charge in [0.05, 0.1) is 5.60 Å². The second-order valence-electron chi connectivity index (χ2n) is 5.88. The first-order valence-corrected chi connectivity index (χ1v) is 6.78. The maximum atomic E-state index is 10.5. The first-order valence-electron chi connectivity index (χ1n) is 6.78. The van der Waals surface area contributed by atoms with Crippen LogP contribution in [0, 0.1) is 11.8 Å². The third-order valence-corrected chi connectivity index (χ3v) is 3.92. The van der Waals surface area contributed by atoms with Gasteiger partial charge in [0.2, 0.25) is 0 Å². The Balaban J connectivity index is 2.30. The zero-order valence-electron chi connectivity index (χ0n) is 10.8. The summed E-state index contributed by atoms with van der Waals surface area (Å²) in [6, 6.07) is 0. The smallest absolute Gasteiger partial charge is 0.0650 e. The molecule has 0 aromatic heterocycles. The van der Waals surface area contributed by atoms with E-state index in [0.717, 1.165) is 31.1 Å². The third-order valence-electron chi connectivity index (χ3n) is 3.92. The van der Waals surface area contributed by atoms with Gasteiger partial charge in [-0.05, 0) is 31.1 Å². The lowest BCUT2D eigenvalue weighted by atomic mass is 9.74. The summed E-state index contributed by atoms with van der Waals surface area (Å²) in [4.78, 5) is 0. The van der Waals surface area contributed by atoms with Gasteiger partial charge in [-0.3, -0.25) is 0 Å². The van der Waals surface area contributed by atoms with E-state index in [4.69, 9.17) is 0 Å². The molecule has 1 saturated carbocycles. The fraction of sp³-hybridized carbons (Fsp3) is 1.00. The predicted octanol–water partition coefficient (Wildman–Crippen LogP) is 4.14. The number of rotatable bonds is 5. The maximum Gasteiger partial charge on any atom is 0.0650 e. The molecule has 1 heteroatoms. The fourth-order valence-electron chi connectivity index (χ4n) is 2.88. The lowest BCUT2D eigenvalue weighted by molar-refractivity contribution is -0.0259. The van der Waals surface area contributed by atoms with E-state index >= 15 is 0 Å². The van der Waals surface area contributed by atoms with Gasteiger partial charge < -0.3 is 5.11 Å². The molecule has 1 aliphatic rings. The van der Waals surface area contributed by atoms with Crippen molar-refractivity contribution in [2.75, 3.05) is 0 Å². The minimum Gasteiger partial charge on any atom is -0.390 e. The van der Waals surface area contributed by atoms with Crippen molar-refractivity contribution in [1.82, 2.24) is 0 Å². The standard InChI is InChI=1S/C14H28O/c1-4-13-8-6-10-14(15,11-13)9-5-7-12(2)3/h12-13,15H,4-11H2,1-3H3. The summed E-state index contributed by atoms with van der Waals surface area (Å²) in [5.41, 5.74) is -0.312. The molecule has 1 aliphatic carbocycles. The summed E-state index contributed by atoms with van der Waals surface area (Å²) in [6.07, 6.45) is 9.40. The second-order valence-corrected chi connectivity index (χ2v) is 5.88. The summed E-state index contributed by atoms with van der Waals surface area (Å²) in [7, 11) is 0. The Kier molecular flexibility index (Phi) is 5.11. The highest BCUT2D eigenvalue weighted by molar-refractivity contribution is 4.85. The van der Waals surface area contributed by atoms with E-state index in [-0.39, 0.29) is 5.60 Å². The zero-order valence-corrected chi connectivity index (χ0v) is 10.8. The molecule has 90 valence electrons. The number of aliphatic hydroxyl groups is 1. The Bertz CT molecular complexity index is 176. The highest BCUT2D eigenvalue weighted by atomic mass is 16.3. The first kappa shape index (κ1) is 13.0. The van der Waals surface area contributed by atoms with Crippen LogP contribution in [0.3, 0.4) is 0 Å². The van der Waals surface area contributed by atoms with E-state index in [9.17, 15) is 5.11 Å². The molecule has 0 amide bonds. The van der Waals surface area contributed by atoms with E-state index in [1.165, 1.54) is 32.1 Å². The Hall–Kier alpha value is -0.0400. The molecule has 1 fully saturated rings. The molecule has 0 aromatic carbocycles. The molecule has 2 atom stereocenters. The molecule has 1 nitrogen and oxygen atoms in total. The maximum absolute atomic E-state index is 10.5. The van der Waals surface area contributed by atoms with Gasteiger partial charge in [0.1, 0.15) is 0 Å². The fourth-order valence-corrected chi connectivity index (χ4v) is 2.88. The molecule has 0 aliphatic heterocycles. The molecule has 0 bridgehead atoms. The Morgan fingerprint density at radius 1 is 1.40 bits per heavy atom.